The molecule has 0 bridgehead atoms. The zero-order valence-corrected chi connectivity index (χ0v) is 11.4. The van der Waals surface area contributed by atoms with Crippen LogP contribution in [0.2, 0.25) is 0 Å². The Morgan fingerprint density at radius 2 is 2.00 bits per heavy atom. The Labute approximate surface area is 117 Å². The van der Waals surface area contributed by atoms with E-state index in [9.17, 15) is 20.0 Å². The summed E-state index contributed by atoms with van der Waals surface area (Å²) in [4.78, 5) is 21.1. The number of nitro groups is 1. The third-order valence-electron chi connectivity index (χ3n) is 2.49. The van der Waals surface area contributed by atoms with Gasteiger partial charge in [0, 0.05) is 12.1 Å². The molecule has 0 radical (unpaired) electrons. The van der Waals surface area contributed by atoms with E-state index in [1.165, 1.54) is 24.3 Å². The SMILES string of the molecule is O=C(CBr)NC(CO)C(O)c1ccc([N+](=O)[O-])cc1. The number of nitrogens with zero attached hydrogens (tertiary/aromatic N) is 1. The fourth-order valence-electron chi connectivity index (χ4n) is 1.50. The van der Waals surface area contributed by atoms with Crippen molar-refractivity contribution in [2.75, 3.05) is 11.9 Å². The molecular formula is C11H13BrN2O5. The highest BCUT2D eigenvalue weighted by Crippen LogP contribution is 2.20. The quantitative estimate of drug-likeness (QED) is 0.399. The number of hydrogen-bond acceptors (Lipinski definition) is 5. The number of rotatable bonds is 6. The molecule has 2 atom stereocenters. The molecule has 19 heavy (non-hydrogen) atoms. The molecule has 0 aliphatic rings. The van der Waals surface area contributed by atoms with Crippen molar-refractivity contribution in [2.24, 2.45) is 0 Å². The van der Waals surface area contributed by atoms with Gasteiger partial charge in [0.25, 0.3) is 5.69 Å². The minimum Gasteiger partial charge on any atom is -0.394 e. The van der Waals surface area contributed by atoms with Gasteiger partial charge in [0.1, 0.15) is 6.10 Å². The van der Waals surface area contributed by atoms with Crippen molar-refractivity contribution in [3.05, 3.63) is 39.9 Å². The summed E-state index contributed by atoms with van der Waals surface area (Å²) in [7, 11) is 0. The minimum absolute atomic E-state index is 0.0521. The summed E-state index contributed by atoms with van der Waals surface area (Å²) in [6.07, 6.45) is -1.14. The average Bonchev–Trinajstić information content (AvgIpc) is 2.43. The first-order valence-corrected chi connectivity index (χ1v) is 6.50. The van der Waals surface area contributed by atoms with Gasteiger partial charge in [-0.25, -0.2) is 0 Å². The van der Waals surface area contributed by atoms with E-state index in [1.807, 2.05) is 0 Å². The zero-order valence-electron chi connectivity index (χ0n) is 9.82. The van der Waals surface area contributed by atoms with Gasteiger partial charge in [-0.15, -0.1) is 0 Å². The van der Waals surface area contributed by atoms with Crippen LogP contribution in [0.15, 0.2) is 24.3 Å². The van der Waals surface area contributed by atoms with Crippen LogP contribution in [0.1, 0.15) is 11.7 Å². The maximum absolute atomic E-state index is 11.2. The Bertz CT molecular complexity index is 451. The highest BCUT2D eigenvalue weighted by molar-refractivity contribution is 9.09. The van der Waals surface area contributed by atoms with Crippen molar-refractivity contribution in [3.8, 4) is 0 Å². The first-order chi connectivity index (χ1) is 8.99. The summed E-state index contributed by atoms with van der Waals surface area (Å²) in [5, 5.41) is 32.1. The number of aliphatic hydroxyl groups is 2. The second-order valence-electron chi connectivity index (χ2n) is 3.78. The van der Waals surface area contributed by atoms with E-state index in [0.717, 1.165) is 0 Å². The van der Waals surface area contributed by atoms with Gasteiger partial charge in [-0.1, -0.05) is 15.9 Å². The van der Waals surface area contributed by atoms with Gasteiger partial charge in [0.05, 0.1) is 22.9 Å². The van der Waals surface area contributed by atoms with E-state index in [0.29, 0.717) is 5.56 Å². The van der Waals surface area contributed by atoms with Crippen LogP contribution in [0.3, 0.4) is 0 Å². The molecule has 0 aliphatic carbocycles. The van der Waals surface area contributed by atoms with Gasteiger partial charge >= 0.3 is 0 Å². The van der Waals surface area contributed by atoms with Crippen molar-refractivity contribution in [2.45, 2.75) is 12.1 Å². The van der Waals surface area contributed by atoms with Crippen molar-refractivity contribution < 1.29 is 19.9 Å². The maximum Gasteiger partial charge on any atom is 0.269 e. The van der Waals surface area contributed by atoms with Crippen molar-refractivity contribution in [1.82, 2.24) is 5.32 Å². The molecule has 0 saturated carbocycles. The molecular weight excluding hydrogens is 320 g/mol. The van der Waals surface area contributed by atoms with Crippen LogP contribution >= 0.6 is 15.9 Å². The molecule has 0 heterocycles. The fraction of sp³-hybridized carbons (Fsp3) is 0.364. The van der Waals surface area contributed by atoms with Gasteiger partial charge in [-0.2, -0.15) is 0 Å². The van der Waals surface area contributed by atoms with E-state index < -0.39 is 23.7 Å². The highest BCUT2D eigenvalue weighted by Gasteiger charge is 2.22. The Hall–Kier alpha value is -1.51. The number of alkyl halides is 1. The van der Waals surface area contributed by atoms with Crippen LogP contribution < -0.4 is 5.32 Å². The van der Waals surface area contributed by atoms with Crippen molar-refractivity contribution in [1.29, 1.82) is 0 Å². The Morgan fingerprint density at radius 3 is 2.42 bits per heavy atom. The number of nitrogens with one attached hydrogen (secondary N) is 1. The number of nitro benzene ring substituents is 1. The molecule has 0 spiro atoms. The molecule has 1 aromatic carbocycles. The van der Waals surface area contributed by atoms with Crippen LogP contribution in [0.5, 0.6) is 0 Å². The number of benzene rings is 1. The summed E-state index contributed by atoms with van der Waals surface area (Å²) < 4.78 is 0. The third-order valence-corrected chi connectivity index (χ3v) is 3.00. The lowest BCUT2D eigenvalue weighted by Gasteiger charge is -2.22. The second-order valence-corrected chi connectivity index (χ2v) is 4.34. The topological polar surface area (TPSA) is 113 Å². The Balaban J connectivity index is 2.81. The van der Waals surface area contributed by atoms with E-state index in [-0.39, 0.29) is 16.9 Å². The Kier molecular flexibility index (Phi) is 5.87. The normalized spacial score (nSPS) is 13.6. The summed E-state index contributed by atoms with van der Waals surface area (Å²) in [5.41, 5.74) is 0.278. The number of halogens is 1. The number of amides is 1. The minimum atomic E-state index is -1.14. The van der Waals surface area contributed by atoms with E-state index in [2.05, 4.69) is 21.2 Å². The molecule has 0 aliphatic heterocycles. The molecule has 3 N–H and O–H groups in total. The molecule has 104 valence electrons. The largest absolute Gasteiger partial charge is 0.394 e. The third kappa shape index (κ3) is 4.27. The summed E-state index contributed by atoms with van der Waals surface area (Å²) in [6.45, 7) is -0.448. The van der Waals surface area contributed by atoms with Crippen LogP contribution in [0, 0.1) is 10.1 Å². The van der Waals surface area contributed by atoms with Crippen LogP contribution in [-0.4, -0.2) is 39.0 Å². The average molecular weight is 333 g/mol. The van der Waals surface area contributed by atoms with Crippen molar-refractivity contribution >= 4 is 27.5 Å². The molecule has 7 nitrogen and oxygen atoms in total. The summed E-state index contributed by atoms with van der Waals surface area (Å²) in [6, 6.07) is 4.39. The predicted octanol–water partition coefficient (Wildman–Crippen LogP) is 0.500. The molecule has 2 unspecified atom stereocenters. The number of non-ortho nitro benzene ring substituents is 1. The second kappa shape index (κ2) is 7.17. The molecule has 1 amide bonds. The van der Waals surface area contributed by atoms with Gasteiger partial charge in [-0.3, -0.25) is 14.9 Å². The first kappa shape index (κ1) is 15.5. The fourth-order valence-corrected chi connectivity index (χ4v) is 1.66. The van der Waals surface area contributed by atoms with Crippen LogP contribution in [0.4, 0.5) is 5.69 Å². The lowest BCUT2D eigenvalue weighted by Crippen LogP contribution is -2.42. The summed E-state index contributed by atoms with van der Waals surface area (Å²) in [5.74, 6) is -0.375. The number of carbonyl (C=O) groups excluding carboxylic acids is 1. The van der Waals surface area contributed by atoms with E-state index in [4.69, 9.17) is 5.11 Å². The molecule has 1 aromatic rings. The molecule has 0 fully saturated rings. The van der Waals surface area contributed by atoms with Crippen LogP contribution in [-0.2, 0) is 4.79 Å². The predicted molar refractivity (Wildman–Crippen MR) is 70.9 cm³/mol. The lowest BCUT2D eigenvalue weighted by molar-refractivity contribution is -0.384. The first-order valence-electron chi connectivity index (χ1n) is 5.38. The molecule has 8 heteroatoms. The molecule has 0 saturated heterocycles. The van der Waals surface area contributed by atoms with E-state index in [1.54, 1.807) is 0 Å². The lowest BCUT2D eigenvalue weighted by atomic mass is 10.0. The molecule has 0 aromatic heterocycles. The smallest absolute Gasteiger partial charge is 0.269 e. The number of aliphatic hydroxyl groups excluding tert-OH is 2. The van der Waals surface area contributed by atoms with Gasteiger partial charge in [0.15, 0.2) is 0 Å². The van der Waals surface area contributed by atoms with Gasteiger partial charge in [0.2, 0.25) is 5.91 Å². The van der Waals surface area contributed by atoms with E-state index >= 15 is 0 Å². The zero-order chi connectivity index (χ0) is 14.4. The highest BCUT2D eigenvalue weighted by atomic mass is 79.9. The van der Waals surface area contributed by atoms with Gasteiger partial charge in [-0.05, 0) is 17.7 Å². The Morgan fingerprint density at radius 1 is 1.42 bits per heavy atom. The summed E-state index contributed by atoms with van der Waals surface area (Å²) >= 11 is 2.95. The van der Waals surface area contributed by atoms with Crippen molar-refractivity contribution in [3.63, 3.8) is 0 Å². The molecule has 1 rings (SSSR count). The van der Waals surface area contributed by atoms with Gasteiger partial charge < -0.3 is 15.5 Å². The number of hydrogen-bond donors (Lipinski definition) is 3. The van der Waals surface area contributed by atoms with Crippen LogP contribution in [0.25, 0.3) is 0 Å². The monoisotopic (exact) mass is 332 g/mol. The standard InChI is InChI=1S/C11H13BrN2O5/c12-5-10(16)13-9(6-15)11(17)7-1-3-8(4-2-7)14(18)19/h1-4,9,11,15,17H,5-6H2,(H,13,16). The number of carbonyl (C=O) groups is 1. The maximum atomic E-state index is 11.2.